The summed E-state index contributed by atoms with van der Waals surface area (Å²) < 4.78 is 5.27. The molecule has 0 amide bonds. The van der Waals surface area contributed by atoms with E-state index in [-0.39, 0.29) is 17.9 Å². The number of nitrogens with zero attached hydrogens (tertiary/aromatic N) is 8. The zero-order valence-corrected chi connectivity index (χ0v) is 15.7. The van der Waals surface area contributed by atoms with Crippen molar-refractivity contribution in [1.82, 2.24) is 40.8 Å². The minimum Gasteiger partial charge on any atom is -0.461 e. The van der Waals surface area contributed by atoms with E-state index in [1.807, 2.05) is 0 Å². The number of rotatable bonds is 12. The Kier molecular flexibility index (Phi) is 9.62. The van der Waals surface area contributed by atoms with Crippen LogP contribution in [0, 0.1) is 0 Å². The van der Waals surface area contributed by atoms with Gasteiger partial charge in [0.15, 0.2) is 0 Å². The first-order chi connectivity index (χ1) is 12.3. The molecule has 1 N–H and O–H groups in total. The van der Waals surface area contributed by atoms with Gasteiger partial charge in [-0.3, -0.25) is 0 Å². The number of ether oxygens (including phenoxy) is 1. The third-order valence-electron chi connectivity index (χ3n) is 2.66. The maximum atomic E-state index is 8.67. The lowest BCUT2D eigenvalue weighted by Gasteiger charge is -2.02. The Balaban J connectivity index is 1.54. The maximum Gasteiger partial charge on any atom is 0.355 e. The van der Waals surface area contributed by atoms with Crippen molar-refractivity contribution < 1.29 is 9.84 Å². The average Bonchev–Trinajstić information content (AvgIpc) is 2.64. The summed E-state index contributed by atoms with van der Waals surface area (Å²) >= 11 is 8.50. The fourth-order valence-electron chi connectivity index (χ4n) is 1.50. The molecule has 0 aliphatic carbocycles. The molecule has 2 rings (SSSR count). The molecule has 0 saturated heterocycles. The minimum absolute atomic E-state index is 0.0459. The van der Waals surface area contributed by atoms with E-state index in [2.05, 4.69) is 40.8 Å². The summed E-state index contributed by atoms with van der Waals surface area (Å²) in [6.45, 7) is 0.589. The van der Waals surface area contributed by atoms with Crippen molar-refractivity contribution in [2.24, 2.45) is 0 Å². The van der Waals surface area contributed by atoms with Gasteiger partial charge in [0.05, 0.1) is 6.61 Å². The number of aliphatic hydroxyl groups excluding tert-OH is 1. The van der Waals surface area contributed by atoms with Crippen molar-refractivity contribution in [3.8, 4) is 6.01 Å². The molecule has 0 fully saturated rings. The Hall–Kier alpha value is -1.37. The fraction of sp³-hybridized carbons (Fsp3) is 0.667. The van der Waals surface area contributed by atoms with Gasteiger partial charge in [-0.15, -0.1) is 30.6 Å². The summed E-state index contributed by atoms with van der Waals surface area (Å²) in [5.74, 6) is 1.72. The molecule has 2 aromatic heterocycles. The molecule has 2 heterocycles. The van der Waals surface area contributed by atoms with Crippen molar-refractivity contribution in [3.63, 3.8) is 0 Å². The van der Waals surface area contributed by atoms with E-state index in [1.165, 1.54) is 23.5 Å². The van der Waals surface area contributed by atoms with Crippen LogP contribution in [-0.2, 0) is 0 Å². The molecular formula is C12H17ClN8O2S2. The minimum atomic E-state index is 0.0459. The van der Waals surface area contributed by atoms with Gasteiger partial charge in [-0.05, 0) is 37.3 Å². The van der Waals surface area contributed by atoms with Gasteiger partial charge in [0.25, 0.3) is 5.28 Å². The largest absolute Gasteiger partial charge is 0.461 e. The Labute approximate surface area is 157 Å². The predicted molar refractivity (Wildman–Crippen MR) is 92.8 cm³/mol. The van der Waals surface area contributed by atoms with Crippen LogP contribution in [-0.4, -0.2) is 70.6 Å². The van der Waals surface area contributed by atoms with E-state index in [0.29, 0.717) is 23.3 Å². The molecule has 136 valence electrons. The highest BCUT2D eigenvalue weighted by molar-refractivity contribution is 7.99. The van der Waals surface area contributed by atoms with E-state index < -0.39 is 0 Å². The van der Waals surface area contributed by atoms with Crippen molar-refractivity contribution in [2.75, 3.05) is 24.7 Å². The van der Waals surface area contributed by atoms with Crippen LogP contribution in [0.1, 0.15) is 25.7 Å². The van der Waals surface area contributed by atoms with Crippen LogP contribution in [0.5, 0.6) is 6.01 Å². The van der Waals surface area contributed by atoms with Crippen LogP contribution in [0.15, 0.2) is 10.3 Å². The van der Waals surface area contributed by atoms with Gasteiger partial charge in [0.1, 0.15) is 0 Å². The lowest BCUT2D eigenvalue weighted by molar-refractivity contribution is 0.239. The molecule has 0 radical (unpaired) electrons. The first-order valence-corrected chi connectivity index (χ1v) is 9.92. The number of aromatic nitrogens is 8. The number of hydrogen-bond acceptors (Lipinski definition) is 12. The van der Waals surface area contributed by atoms with Gasteiger partial charge in [-0.2, -0.15) is 0 Å². The maximum absolute atomic E-state index is 8.67. The van der Waals surface area contributed by atoms with Crippen molar-refractivity contribution in [2.45, 2.75) is 36.0 Å². The van der Waals surface area contributed by atoms with Crippen molar-refractivity contribution >= 4 is 35.1 Å². The normalized spacial score (nSPS) is 10.8. The second-order valence-electron chi connectivity index (χ2n) is 4.60. The van der Waals surface area contributed by atoms with Gasteiger partial charge in [-0.25, -0.2) is 0 Å². The highest BCUT2D eigenvalue weighted by Gasteiger charge is 2.04. The van der Waals surface area contributed by atoms with Crippen molar-refractivity contribution in [3.05, 3.63) is 5.28 Å². The van der Waals surface area contributed by atoms with E-state index in [0.717, 1.165) is 30.8 Å². The molecule has 0 unspecified atom stereocenters. The molecule has 10 nitrogen and oxygen atoms in total. The molecule has 2 aromatic rings. The first kappa shape index (κ1) is 19.9. The van der Waals surface area contributed by atoms with Gasteiger partial charge in [0.2, 0.25) is 10.3 Å². The standard InChI is InChI=1S/C12H17ClN8O2S2/c13-9-14-18-11(19-15-9)24-7-3-4-8-25-12-20-16-10(17-21-12)23-6-2-1-5-22/h22H,1-8H2. The molecule has 0 spiro atoms. The molecule has 25 heavy (non-hydrogen) atoms. The monoisotopic (exact) mass is 404 g/mol. The Morgan fingerprint density at radius 3 is 1.88 bits per heavy atom. The summed E-state index contributed by atoms with van der Waals surface area (Å²) in [4.78, 5) is 0. The molecule has 0 aromatic carbocycles. The molecule has 13 heteroatoms. The number of hydrogen-bond donors (Lipinski definition) is 1. The SMILES string of the molecule is OCCCCOc1nnc(SCCCCSc2nnc(Cl)nn2)nn1. The van der Waals surface area contributed by atoms with Gasteiger partial charge < -0.3 is 9.84 Å². The Morgan fingerprint density at radius 1 is 0.760 bits per heavy atom. The van der Waals surface area contributed by atoms with E-state index in [1.54, 1.807) is 0 Å². The van der Waals surface area contributed by atoms with Crippen molar-refractivity contribution in [1.29, 1.82) is 0 Å². The van der Waals surface area contributed by atoms with Crippen LogP contribution < -0.4 is 4.74 Å². The topological polar surface area (TPSA) is 133 Å². The van der Waals surface area contributed by atoms with Crippen LogP contribution in [0.25, 0.3) is 0 Å². The highest BCUT2D eigenvalue weighted by atomic mass is 35.5. The fourth-order valence-corrected chi connectivity index (χ4v) is 3.03. The zero-order chi connectivity index (χ0) is 17.7. The average molecular weight is 405 g/mol. The molecule has 0 aliphatic heterocycles. The smallest absolute Gasteiger partial charge is 0.355 e. The predicted octanol–water partition coefficient (Wildman–Crippen LogP) is 1.32. The summed E-state index contributed by atoms with van der Waals surface area (Å²) in [7, 11) is 0. The summed E-state index contributed by atoms with van der Waals surface area (Å²) in [6, 6.07) is 0.156. The van der Waals surface area contributed by atoms with Crippen LogP contribution >= 0.6 is 35.1 Å². The lowest BCUT2D eigenvalue weighted by Crippen LogP contribution is -2.05. The number of thioether (sulfide) groups is 2. The van der Waals surface area contributed by atoms with Crippen LogP contribution in [0.2, 0.25) is 5.28 Å². The number of unbranched alkanes of at least 4 members (excludes halogenated alkanes) is 2. The lowest BCUT2D eigenvalue weighted by atomic mass is 10.3. The molecular weight excluding hydrogens is 388 g/mol. The highest BCUT2D eigenvalue weighted by Crippen LogP contribution is 2.17. The molecule has 0 aliphatic rings. The van der Waals surface area contributed by atoms with Gasteiger partial charge in [-0.1, -0.05) is 33.7 Å². The molecule has 0 atom stereocenters. The second-order valence-corrected chi connectivity index (χ2v) is 7.06. The van der Waals surface area contributed by atoms with Gasteiger partial charge >= 0.3 is 6.01 Å². The van der Waals surface area contributed by atoms with Crippen LogP contribution in [0.4, 0.5) is 0 Å². The zero-order valence-electron chi connectivity index (χ0n) is 13.3. The second kappa shape index (κ2) is 12.1. The number of aliphatic hydroxyl groups is 1. The summed E-state index contributed by atoms with van der Waals surface area (Å²) in [5.41, 5.74) is 0. The van der Waals surface area contributed by atoms with Gasteiger partial charge in [0, 0.05) is 18.1 Å². The molecule has 0 saturated carbocycles. The van der Waals surface area contributed by atoms with E-state index in [9.17, 15) is 0 Å². The van der Waals surface area contributed by atoms with E-state index >= 15 is 0 Å². The van der Waals surface area contributed by atoms with E-state index in [4.69, 9.17) is 21.4 Å². The Morgan fingerprint density at radius 2 is 1.32 bits per heavy atom. The Bertz CT molecular complexity index is 607. The summed E-state index contributed by atoms with van der Waals surface area (Å²) in [6.07, 6.45) is 3.39. The van der Waals surface area contributed by atoms with Crippen LogP contribution in [0.3, 0.4) is 0 Å². The number of halogens is 1. The third kappa shape index (κ3) is 8.52. The summed E-state index contributed by atoms with van der Waals surface area (Å²) in [5, 5.41) is 40.3. The quantitative estimate of drug-likeness (QED) is 0.403. The third-order valence-corrected chi connectivity index (χ3v) is 4.64. The first-order valence-electron chi connectivity index (χ1n) is 7.57. The molecule has 0 bridgehead atoms.